The third kappa shape index (κ3) is 4.63. The van der Waals surface area contributed by atoms with E-state index in [0.29, 0.717) is 11.6 Å². The van der Waals surface area contributed by atoms with Crippen molar-refractivity contribution in [3.8, 4) is 0 Å². The zero-order valence-corrected chi connectivity index (χ0v) is 12.3. The zero-order valence-electron chi connectivity index (χ0n) is 12.3. The van der Waals surface area contributed by atoms with Crippen LogP contribution in [0, 0.1) is 17.0 Å². The number of nitro benzene ring substituents is 1. The van der Waals surface area contributed by atoms with Crippen molar-refractivity contribution in [1.82, 2.24) is 5.32 Å². The summed E-state index contributed by atoms with van der Waals surface area (Å²) in [6, 6.07) is 6.02. The van der Waals surface area contributed by atoms with Crippen LogP contribution in [0.5, 0.6) is 0 Å². The number of rotatable bonds is 7. The highest BCUT2D eigenvalue weighted by Gasteiger charge is 2.15. The van der Waals surface area contributed by atoms with Gasteiger partial charge in [0.15, 0.2) is 0 Å². The minimum atomic E-state index is -0.313. The number of nitrogens with zero attached hydrogens (tertiary/aromatic N) is 1. The molecule has 0 aliphatic heterocycles. The number of nitro groups is 1. The number of nitrogens with one attached hydrogen (secondary N) is 1. The molecule has 1 rings (SSSR count). The van der Waals surface area contributed by atoms with Crippen molar-refractivity contribution >= 4 is 5.69 Å². The van der Waals surface area contributed by atoms with Gasteiger partial charge in [-0.1, -0.05) is 31.9 Å². The lowest BCUT2D eigenvalue weighted by Crippen LogP contribution is -2.28. The van der Waals surface area contributed by atoms with Crippen molar-refractivity contribution < 1.29 is 4.92 Å². The highest BCUT2D eigenvalue weighted by Crippen LogP contribution is 2.23. The van der Waals surface area contributed by atoms with Crippen LogP contribution >= 0.6 is 0 Å². The molecule has 0 saturated carbocycles. The fourth-order valence-corrected chi connectivity index (χ4v) is 2.21. The molecular formula is C15H24N2O2. The Morgan fingerprint density at radius 3 is 2.63 bits per heavy atom. The number of aryl methyl sites for hydroxylation is 1. The van der Waals surface area contributed by atoms with Crippen molar-refractivity contribution in [1.29, 1.82) is 0 Å². The van der Waals surface area contributed by atoms with Gasteiger partial charge in [-0.2, -0.15) is 0 Å². The number of unbranched alkanes of at least 4 members (excludes halogenated alkanes) is 1. The summed E-state index contributed by atoms with van der Waals surface area (Å²) in [5.41, 5.74) is 1.88. The maximum absolute atomic E-state index is 10.9. The van der Waals surface area contributed by atoms with Crippen LogP contribution in [0.3, 0.4) is 0 Å². The van der Waals surface area contributed by atoms with Crippen LogP contribution in [0.25, 0.3) is 0 Å². The van der Waals surface area contributed by atoms with Crippen LogP contribution in [0.15, 0.2) is 18.2 Å². The first-order valence-corrected chi connectivity index (χ1v) is 6.96. The van der Waals surface area contributed by atoms with Crippen LogP contribution in [0.4, 0.5) is 5.69 Å². The van der Waals surface area contributed by atoms with Crippen molar-refractivity contribution in [3.05, 3.63) is 39.4 Å². The van der Waals surface area contributed by atoms with E-state index < -0.39 is 0 Å². The van der Waals surface area contributed by atoms with Gasteiger partial charge >= 0.3 is 0 Å². The number of hydrogen-bond acceptors (Lipinski definition) is 3. The molecule has 1 aromatic rings. The van der Waals surface area contributed by atoms with Gasteiger partial charge in [0.25, 0.3) is 5.69 Å². The quantitative estimate of drug-likeness (QED) is 0.595. The molecule has 2 atom stereocenters. The van der Waals surface area contributed by atoms with Crippen LogP contribution in [0.2, 0.25) is 0 Å². The van der Waals surface area contributed by atoms with Gasteiger partial charge in [0, 0.05) is 23.7 Å². The molecule has 0 aliphatic rings. The second kappa shape index (κ2) is 7.24. The van der Waals surface area contributed by atoms with Gasteiger partial charge in [-0.05, 0) is 32.8 Å². The van der Waals surface area contributed by atoms with Crippen molar-refractivity contribution in [2.75, 3.05) is 0 Å². The minimum absolute atomic E-state index is 0.131. The van der Waals surface area contributed by atoms with E-state index in [0.717, 1.165) is 12.0 Å². The van der Waals surface area contributed by atoms with E-state index in [1.165, 1.54) is 12.8 Å². The SMILES string of the molecule is CCCCC(C)NC(C)c1ccc(C)c([N+](=O)[O-])c1. The molecule has 0 saturated heterocycles. The van der Waals surface area contributed by atoms with Gasteiger partial charge in [-0.25, -0.2) is 0 Å². The number of hydrogen-bond donors (Lipinski definition) is 1. The first-order chi connectivity index (χ1) is 8.95. The Morgan fingerprint density at radius 2 is 2.05 bits per heavy atom. The lowest BCUT2D eigenvalue weighted by atomic mass is 10.0. The van der Waals surface area contributed by atoms with E-state index in [-0.39, 0.29) is 16.7 Å². The third-order valence-electron chi connectivity index (χ3n) is 3.46. The molecule has 0 radical (unpaired) electrons. The lowest BCUT2D eigenvalue weighted by molar-refractivity contribution is -0.385. The van der Waals surface area contributed by atoms with Crippen LogP contribution in [-0.2, 0) is 0 Å². The molecule has 106 valence electrons. The largest absolute Gasteiger partial charge is 0.308 e. The summed E-state index contributed by atoms with van der Waals surface area (Å²) in [5, 5.41) is 14.4. The molecule has 0 amide bonds. The molecule has 0 fully saturated rings. The predicted molar refractivity (Wildman–Crippen MR) is 78.4 cm³/mol. The molecule has 0 bridgehead atoms. The Balaban J connectivity index is 2.74. The number of benzene rings is 1. The van der Waals surface area contributed by atoms with E-state index in [2.05, 4.69) is 26.1 Å². The third-order valence-corrected chi connectivity index (χ3v) is 3.46. The summed E-state index contributed by atoms with van der Waals surface area (Å²) >= 11 is 0. The monoisotopic (exact) mass is 264 g/mol. The van der Waals surface area contributed by atoms with E-state index >= 15 is 0 Å². The topological polar surface area (TPSA) is 55.2 Å². The predicted octanol–water partition coefficient (Wildman–Crippen LogP) is 4.13. The van der Waals surface area contributed by atoms with Crippen molar-refractivity contribution in [2.24, 2.45) is 0 Å². The normalized spacial score (nSPS) is 14.1. The summed E-state index contributed by atoms with van der Waals surface area (Å²) < 4.78 is 0. The standard InChI is InChI=1S/C15H24N2O2/c1-5-6-7-12(3)16-13(4)14-9-8-11(2)15(10-14)17(18)19/h8-10,12-13,16H,5-7H2,1-4H3. The van der Waals surface area contributed by atoms with Crippen LogP contribution in [-0.4, -0.2) is 11.0 Å². The molecule has 0 spiro atoms. The Morgan fingerprint density at radius 1 is 1.37 bits per heavy atom. The minimum Gasteiger partial charge on any atom is -0.308 e. The van der Waals surface area contributed by atoms with Gasteiger partial charge in [0.05, 0.1) is 4.92 Å². The van der Waals surface area contributed by atoms with Gasteiger partial charge in [-0.3, -0.25) is 10.1 Å². The average Bonchev–Trinajstić information content (AvgIpc) is 2.36. The smallest absolute Gasteiger partial charge is 0.272 e. The van der Waals surface area contributed by atoms with Crippen LogP contribution in [0.1, 0.15) is 57.2 Å². The molecule has 1 aromatic carbocycles. The van der Waals surface area contributed by atoms with E-state index in [9.17, 15) is 10.1 Å². The maximum Gasteiger partial charge on any atom is 0.272 e. The molecule has 4 nitrogen and oxygen atoms in total. The molecule has 4 heteroatoms. The first-order valence-electron chi connectivity index (χ1n) is 6.96. The fraction of sp³-hybridized carbons (Fsp3) is 0.600. The summed E-state index contributed by atoms with van der Waals surface area (Å²) in [7, 11) is 0. The average molecular weight is 264 g/mol. The van der Waals surface area contributed by atoms with Crippen molar-refractivity contribution in [3.63, 3.8) is 0 Å². The fourth-order valence-electron chi connectivity index (χ4n) is 2.21. The second-order valence-corrected chi connectivity index (χ2v) is 5.23. The Hall–Kier alpha value is -1.42. The molecule has 2 unspecified atom stereocenters. The Bertz CT molecular complexity index is 432. The Labute approximate surface area is 115 Å². The summed E-state index contributed by atoms with van der Waals surface area (Å²) in [6.07, 6.45) is 3.53. The van der Waals surface area contributed by atoms with E-state index in [1.807, 2.05) is 12.1 Å². The molecule has 1 N–H and O–H groups in total. The van der Waals surface area contributed by atoms with Crippen molar-refractivity contribution in [2.45, 2.75) is 59.0 Å². The second-order valence-electron chi connectivity index (χ2n) is 5.23. The molecular weight excluding hydrogens is 240 g/mol. The Kier molecular flexibility index (Phi) is 5.96. The molecule has 0 aromatic heterocycles. The maximum atomic E-state index is 10.9. The highest BCUT2D eigenvalue weighted by molar-refractivity contribution is 5.43. The van der Waals surface area contributed by atoms with E-state index in [4.69, 9.17) is 0 Å². The summed E-state index contributed by atoms with van der Waals surface area (Å²) in [5.74, 6) is 0. The van der Waals surface area contributed by atoms with Gasteiger partial charge in [0.1, 0.15) is 0 Å². The van der Waals surface area contributed by atoms with E-state index in [1.54, 1.807) is 13.0 Å². The lowest BCUT2D eigenvalue weighted by Gasteiger charge is -2.20. The van der Waals surface area contributed by atoms with Gasteiger partial charge in [0.2, 0.25) is 0 Å². The molecule has 0 heterocycles. The highest BCUT2D eigenvalue weighted by atomic mass is 16.6. The molecule has 0 aliphatic carbocycles. The van der Waals surface area contributed by atoms with Gasteiger partial charge < -0.3 is 5.32 Å². The van der Waals surface area contributed by atoms with Crippen LogP contribution < -0.4 is 5.32 Å². The molecule has 19 heavy (non-hydrogen) atoms. The summed E-state index contributed by atoms with van der Waals surface area (Å²) in [4.78, 5) is 10.6. The summed E-state index contributed by atoms with van der Waals surface area (Å²) in [6.45, 7) is 8.16. The first kappa shape index (κ1) is 15.6. The zero-order chi connectivity index (χ0) is 14.4. The van der Waals surface area contributed by atoms with Gasteiger partial charge in [-0.15, -0.1) is 0 Å².